The van der Waals surface area contributed by atoms with Crippen LogP contribution in [0.2, 0.25) is 0 Å². The zero-order valence-electron chi connectivity index (χ0n) is 16.5. The molecule has 31 heavy (non-hydrogen) atoms. The van der Waals surface area contributed by atoms with Crippen molar-refractivity contribution < 1.29 is 9.13 Å². The number of rotatable bonds is 2. The lowest BCUT2D eigenvalue weighted by molar-refractivity contribution is 0.479. The summed E-state index contributed by atoms with van der Waals surface area (Å²) in [5.41, 5.74) is 5.51. The summed E-state index contributed by atoms with van der Waals surface area (Å²) in [7, 11) is 0. The van der Waals surface area contributed by atoms with Gasteiger partial charge >= 0.3 is 0 Å². The van der Waals surface area contributed by atoms with Crippen LogP contribution >= 0.6 is 0 Å². The Kier molecular flexibility index (Phi) is 3.96. The molecule has 0 saturated carbocycles. The van der Waals surface area contributed by atoms with E-state index in [9.17, 15) is 4.39 Å². The molecule has 5 aromatic rings. The first-order chi connectivity index (χ1) is 15.3. The number of para-hydroxylation sites is 2. The van der Waals surface area contributed by atoms with Crippen molar-refractivity contribution in [1.82, 2.24) is 9.55 Å². The molecule has 4 heteroatoms. The minimum Gasteiger partial charge on any atom is -0.454 e. The van der Waals surface area contributed by atoms with Gasteiger partial charge in [0, 0.05) is 17.2 Å². The smallest absolute Gasteiger partial charge is 0.151 e. The number of imidazole rings is 1. The van der Waals surface area contributed by atoms with Gasteiger partial charge in [0.15, 0.2) is 5.75 Å². The van der Waals surface area contributed by atoms with E-state index in [1.807, 2.05) is 60.7 Å². The Morgan fingerprint density at radius 2 is 1.35 bits per heavy atom. The van der Waals surface area contributed by atoms with Crippen molar-refractivity contribution in [3.05, 3.63) is 109 Å². The molecule has 0 fully saturated rings. The molecular weight excluding hydrogens is 387 g/mol. The Bertz CT molecular complexity index is 1410. The fourth-order valence-electron chi connectivity index (χ4n) is 4.11. The van der Waals surface area contributed by atoms with Crippen molar-refractivity contribution in [1.29, 1.82) is 0 Å². The van der Waals surface area contributed by atoms with Crippen LogP contribution in [0.15, 0.2) is 103 Å². The van der Waals surface area contributed by atoms with E-state index in [4.69, 9.17) is 9.72 Å². The van der Waals surface area contributed by atoms with Gasteiger partial charge in [-0.2, -0.15) is 0 Å². The number of aromatic nitrogens is 2. The predicted molar refractivity (Wildman–Crippen MR) is 120 cm³/mol. The van der Waals surface area contributed by atoms with E-state index in [0.717, 1.165) is 39.6 Å². The molecule has 1 aliphatic rings. The first kappa shape index (κ1) is 17.7. The average Bonchev–Trinajstić information content (AvgIpc) is 3.15. The van der Waals surface area contributed by atoms with Crippen molar-refractivity contribution in [3.8, 4) is 51.1 Å². The molecule has 3 nitrogen and oxygen atoms in total. The number of nitrogens with zero attached hydrogens (tertiary/aromatic N) is 2. The zero-order chi connectivity index (χ0) is 20.8. The first-order valence-corrected chi connectivity index (χ1v) is 10.1. The van der Waals surface area contributed by atoms with E-state index in [0.29, 0.717) is 11.5 Å². The van der Waals surface area contributed by atoms with Crippen molar-refractivity contribution in [2.45, 2.75) is 0 Å². The average molecular weight is 404 g/mol. The van der Waals surface area contributed by atoms with E-state index in [-0.39, 0.29) is 5.82 Å². The standard InChI is InChI=1S/C27H17FN2O/c28-20-15-16-21-24(17-20)31-23-14-8-7-13-22(23)30-26(19-11-5-2-6-12-19)25(29-27(21)30)18-9-3-1-4-10-18/h1-17H. The molecule has 148 valence electrons. The predicted octanol–water partition coefficient (Wildman–Crippen LogP) is 7.12. The topological polar surface area (TPSA) is 27.1 Å². The third-order valence-electron chi connectivity index (χ3n) is 5.48. The molecule has 0 spiro atoms. The highest BCUT2D eigenvalue weighted by molar-refractivity contribution is 5.86. The number of fused-ring (bicyclic) bond motifs is 5. The number of ether oxygens (including phenoxy) is 1. The summed E-state index contributed by atoms with van der Waals surface area (Å²) in [6.07, 6.45) is 0. The third kappa shape index (κ3) is 2.84. The fourth-order valence-corrected chi connectivity index (χ4v) is 4.11. The first-order valence-electron chi connectivity index (χ1n) is 10.1. The maximum Gasteiger partial charge on any atom is 0.151 e. The maximum absolute atomic E-state index is 14.1. The van der Waals surface area contributed by atoms with Gasteiger partial charge in [-0.05, 0) is 24.3 Å². The van der Waals surface area contributed by atoms with E-state index in [1.54, 1.807) is 6.07 Å². The Hall–Kier alpha value is -4.18. The zero-order valence-corrected chi connectivity index (χ0v) is 16.5. The molecular formula is C27H17FN2O. The van der Waals surface area contributed by atoms with Crippen molar-refractivity contribution in [2.75, 3.05) is 0 Å². The lowest BCUT2D eigenvalue weighted by Gasteiger charge is -2.13. The molecule has 0 bridgehead atoms. The molecule has 0 N–H and O–H groups in total. The summed E-state index contributed by atoms with van der Waals surface area (Å²) in [4.78, 5) is 5.09. The van der Waals surface area contributed by atoms with Crippen LogP contribution in [0.3, 0.4) is 0 Å². The van der Waals surface area contributed by atoms with Crippen molar-refractivity contribution in [3.63, 3.8) is 0 Å². The number of hydrogen-bond donors (Lipinski definition) is 0. The van der Waals surface area contributed by atoms with E-state index in [1.165, 1.54) is 12.1 Å². The summed E-state index contributed by atoms with van der Waals surface area (Å²) >= 11 is 0. The molecule has 6 rings (SSSR count). The molecule has 0 saturated heterocycles. The number of hydrogen-bond acceptors (Lipinski definition) is 2. The van der Waals surface area contributed by atoms with E-state index in [2.05, 4.69) is 28.8 Å². The fraction of sp³-hybridized carbons (Fsp3) is 0. The summed E-state index contributed by atoms with van der Waals surface area (Å²) in [5.74, 6) is 1.48. The van der Waals surface area contributed by atoms with Crippen LogP contribution < -0.4 is 4.74 Å². The highest BCUT2D eigenvalue weighted by atomic mass is 19.1. The third-order valence-corrected chi connectivity index (χ3v) is 5.48. The van der Waals surface area contributed by atoms with Crippen LogP contribution in [0.25, 0.3) is 39.6 Å². The summed E-state index contributed by atoms with van der Waals surface area (Å²) < 4.78 is 22.4. The van der Waals surface area contributed by atoms with E-state index < -0.39 is 0 Å². The van der Waals surface area contributed by atoms with Crippen LogP contribution in [0, 0.1) is 5.82 Å². The highest BCUT2D eigenvalue weighted by Crippen LogP contribution is 2.46. The molecule has 0 radical (unpaired) electrons. The van der Waals surface area contributed by atoms with Crippen molar-refractivity contribution in [2.24, 2.45) is 0 Å². The Morgan fingerprint density at radius 3 is 2.13 bits per heavy atom. The van der Waals surface area contributed by atoms with Gasteiger partial charge in [-0.25, -0.2) is 9.37 Å². The van der Waals surface area contributed by atoms with Crippen LogP contribution in [0.5, 0.6) is 11.5 Å². The summed E-state index contributed by atoms with van der Waals surface area (Å²) in [6, 6.07) is 32.7. The maximum atomic E-state index is 14.1. The van der Waals surface area contributed by atoms with Gasteiger partial charge in [-0.3, -0.25) is 4.57 Å². The Balaban J connectivity index is 1.77. The SMILES string of the molecule is Fc1ccc2c(c1)Oc1ccccc1-n1c-2nc(-c2ccccc2)c1-c1ccccc1. The second-order valence-electron chi connectivity index (χ2n) is 7.41. The largest absolute Gasteiger partial charge is 0.454 e. The molecule has 4 aromatic carbocycles. The van der Waals surface area contributed by atoms with Gasteiger partial charge in [0.05, 0.1) is 22.6 Å². The lowest BCUT2D eigenvalue weighted by Crippen LogP contribution is -1.99. The van der Waals surface area contributed by atoms with Gasteiger partial charge in [0.1, 0.15) is 17.4 Å². The number of benzene rings is 4. The highest BCUT2D eigenvalue weighted by Gasteiger charge is 2.28. The molecule has 0 atom stereocenters. The van der Waals surface area contributed by atoms with Gasteiger partial charge < -0.3 is 4.74 Å². The Labute approximate surface area is 179 Å². The van der Waals surface area contributed by atoms with Crippen LogP contribution in [-0.2, 0) is 0 Å². The number of halogens is 1. The minimum atomic E-state index is -0.345. The van der Waals surface area contributed by atoms with Gasteiger partial charge in [-0.15, -0.1) is 0 Å². The minimum absolute atomic E-state index is 0.345. The molecule has 2 heterocycles. The molecule has 1 aliphatic heterocycles. The van der Waals surface area contributed by atoms with Crippen LogP contribution in [0.1, 0.15) is 0 Å². The second kappa shape index (κ2) is 6.96. The molecule has 1 aromatic heterocycles. The normalized spacial score (nSPS) is 11.6. The van der Waals surface area contributed by atoms with Gasteiger partial charge in [-0.1, -0.05) is 72.8 Å². The van der Waals surface area contributed by atoms with Crippen LogP contribution in [-0.4, -0.2) is 9.55 Å². The van der Waals surface area contributed by atoms with Crippen LogP contribution in [0.4, 0.5) is 4.39 Å². The second-order valence-corrected chi connectivity index (χ2v) is 7.41. The Morgan fingerprint density at radius 1 is 0.677 bits per heavy atom. The molecule has 0 amide bonds. The van der Waals surface area contributed by atoms with E-state index >= 15 is 0 Å². The molecule has 0 aliphatic carbocycles. The quantitative estimate of drug-likeness (QED) is 0.307. The van der Waals surface area contributed by atoms with Gasteiger partial charge in [0.25, 0.3) is 0 Å². The summed E-state index contributed by atoms with van der Waals surface area (Å²) in [6.45, 7) is 0. The van der Waals surface area contributed by atoms with Gasteiger partial charge in [0.2, 0.25) is 0 Å². The summed E-state index contributed by atoms with van der Waals surface area (Å²) in [5, 5.41) is 0. The lowest BCUT2D eigenvalue weighted by atomic mass is 10.0. The molecule has 0 unspecified atom stereocenters. The monoisotopic (exact) mass is 404 g/mol. The van der Waals surface area contributed by atoms with Crippen molar-refractivity contribution >= 4 is 0 Å².